The number of carboxylic acid groups (broad SMARTS) is 2. The number of halogens is 3. The molecule has 1 fully saturated rings. The highest BCUT2D eigenvalue weighted by Gasteiger charge is 2.33. The molecular formula is C18H23F3N2O4. The fourth-order valence-electron chi connectivity index (χ4n) is 2.75. The smallest absolute Gasteiger partial charge is 0.416 e. The molecule has 6 nitrogen and oxygen atoms in total. The monoisotopic (exact) mass is 388 g/mol. The molecule has 1 aromatic rings. The van der Waals surface area contributed by atoms with Gasteiger partial charge in [-0.1, -0.05) is 25.1 Å². The van der Waals surface area contributed by atoms with Gasteiger partial charge in [-0.2, -0.15) is 13.2 Å². The molecule has 0 spiro atoms. The molecule has 9 heteroatoms. The fraction of sp³-hybridized carbons (Fsp3) is 0.444. The Morgan fingerprint density at radius 2 is 1.81 bits per heavy atom. The van der Waals surface area contributed by atoms with Crippen LogP contribution in [-0.4, -0.2) is 52.7 Å². The van der Waals surface area contributed by atoms with Gasteiger partial charge in [0.25, 0.3) is 0 Å². The molecule has 1 aliphatic heterocycles. The van der Waals surface area contributed by atoms with Crippen LogP contribution in [0, 0.1) is 0 Å². The largest absolute Gasteiger partial charge is 0.478 e. The zero-order valence-electron chi connectivity index (χ0n) is 14.9. The van der Waals surface area contributed by atoms with Gasteiger partial charge in [0.2, 0.25) is 0 Å². The van der Waals surface area contributed by atoms with Gasteiger partial charge in [0, 0.05) is 31.3 Å². The Labute approximate surface area is 155 Å². The van der Waals surface area contributed by atoms with Crippen LogP contribution in [0.1, 0.15) is 24.5 Å². The number of carboxylic acids is 2. The number of hydrogen-bond donors (Lipinski definition) is 3. The summed E-state index contributed by atoms with van der Waals surface area (Å²) >= 11 is 0. The Hall–Kier alpha value is -2.39. The van der Waals surface area contributed by atoms with E-state index in [0.717, 1.165) is 32.1 Å². The van der Waals surface area contributed by atoms with Gasteiger partial charge in [-0.05, 0) is 31.1 Å². The van der Waals surface area contributed by atoms with Gasteiger partial charge in [0.1, 0.15) is 0 Å². The van der Waals surface area contributed by atoms with Crippen molar-refractivity contribution in [3.63, 3.8) is 0 Å². The second-order valence-corrected chi connectivity index (χ2v) is 5.87. The van der Waals surface area contributed by atoms with Crippen LogP contribution >= 0.6 is 0 Å². The molecule has 0 saturated carbocycles. The van der Waals surface area contributed by atoms with E-state index in [1.165, 1.54) is 6.07 Å². The van der Waals surface area contributed by atoms with E-state index >= 15 is 0 Å². The number of likely N-dealkylation sites (N-methyl/N-ethyl adjacent to an activating group) is 1. The van der Waals surface area contributed by atoms with Crippen LogP contribution in [0.25, 0.3) is 0 Å². The number of rotatable bonds is 6. The van der Waals surface area contributed by atoms with E-state index in [1.54, 1.807) is 12.1 Å². The molecule has 1 atom stereocenters. The Kier molecular flexibility index (Phi) is 8.96. The van der Waals surface area contributed by atoms with Gasteiger partial charge in [-0.3, -0.25) is 4.90 Å². The lowest BCUT2D eigenvalue weighted by Gasteiger charge is -2.28. The summed E-state index contributed by atoms with van der Waals surface area (Å²) in [5, 5.41) is 18.9. The van der Waals surface area contributed by atoms with Gasteiger partial charge in [0.15, 0.2) is 0 Å². The first kappa shape index (κ1) is 22.7. The van der Waals surface area contributed by atoms with Gasteiger partial charge in [0.05, 0.1) is 5.56 Å². The number of nitrogens with zero attached hydrogens (tertiary/aromatic N) is 1. The third-order valence-corrected chi connectivity index (χ3v) is 4.02. The van der Waals surface area contributed by atoms with Crippen molar-refractivity contribution in [2.75, 3.05) is 19.6 Å². The molecule has 1 aromatic carbocycles. The molecule has 1 aliphatic rings. The van der Waals surface area contributed by atoms with E-state index in [2.05, 4.69) is 10.2 Å². The molecule has 0 aliphatic carbocycles. The van der Waals surface area contributed by atoms with Crippen LogP contribution in [0.4, 0.5) is 13.2 Å². The fourth-order valence-corrected chi connectivity index (χ4v) is 2.75. The average Bonchev–Trinajstić information content (AvgIpc) is 3.12. The molecule has 3 N–H and O–H groups in total. The highest BCUT2D eigenvalue weighted by molar-refractivity contribution is 5.89. The van der Waals surface area contributed by atoms with Crippen molar-refractivity contribution >= 4 is 11.9 Å². The summed E-state index contributed by atoms with van der Waals surface area (Å²) < 4.78 is 38.8. The molecule has 0 aromatic heterocycles. The summed E-state index contributed by atoms with van der Waals surface area (Å²) in [5.41, 5.74) is -0.150. The van der Waals surface area contributed by atoms with Gasteiger partial charge < -0.3 is 15.5 Å². The van der Waals surface area contributed by atoms with Crippen molar-refractivity contribution in [3.05, 3.63) is 47.5 Å². The molecule has 1 heterocycles. The average molecular weight is 388 g/mol. The van der Waals surface area contributed by atoms with E-state index in [9.17, 15) is 22.8 Å². The van der Waals surface area contributed by atoms with Gasteiger partial charge >= 0.3 is 18.1 Å². The maximum absolute atomic E-state index is 12.9. The van der Waals surface area contributed by atoms with E-state index in [4.69, 9.17) is 10.2 Å². The van der Waals surface area contributed by atoms with Crippen molar-refractivity contribution in [1.82, 2.24) is 10.2 Å². The van der Waals surface area contributed by atoms with Crippen LogP contribution in [0.15, 0.2) is 36.4 Å². The minimum absolute atomic E-state index is 0.339. The highest BCUT2D eigenvalue weighted by atomic mass is 19.4. The minimum atomic E-state index is -4.27. The summed E-state index contributed by atoms with van der Waals surface area (Å²) in [5.74, 6) is -2.51. The molecule has 150 valence electrons. The zero-order chi connectivity index (χ0) is 20.4. The predicted octanol–water partition coefficient (Wildman–Crippen LogP) is 2.60. The molecule has 0 radical (unpaired) electrons. The maximum Gasteiger partial charge on any atom is 0.416 e. The van der Waals surface area contributed by atoms with Crippen molar-refractivity contribution in [2.45, 2.75) is 32.1 Å². The minimum Gasteiger partial charge on any atom is -0.478 e. The van der Waals surface area contributed by atoms with Crippen LogP contribution in [0.2, 0.25) is 0 Å². The van der Waals surface area contributed by atoms with E-state index in [0.29, 0.717) is 30.3 Å². The first-order valence-electron chi connectivity index (χ1n) is 8.39. The van der Waals surface area contributed by atoms with Crippen molar-refractivity contribution in [3.8, 4) is 0 Å². The molecule has 0 unspecified atom stereocenters. The van der Waals surface area contributed by atoms with E-state index in [-0.39, 0.29) is 0 Å². The Morgan fingerprint density at radius 3 is 2.26 bits per heavy atom. The number of alkyl halides is 3. The van der Waals surface area contributed by atoms with Crippen LogP contribution < -0.4 is 5.32 Å². The third-order valence-electron chi connectivity index (χ3n) is 4.02. The topological polar surface area (TPSA) is 89.9 Å². The summed E-state index contributed by atoms with van der Waals surface area (Å²) in [6, 6.07) is 6.20. The SMILES string of the molecule is CCN(Cc1ccccc1C(F)(F)F)[C@H]1CCNC1.O=C(O)C=CC(=O)O. The predicted molar refractivity (Wildman–Crippen MR) is 93.2 cm³/mol. The summed E-state index contributed by atoms with van der Waals surface area (Å²) in [7, 11) is 0. The first-order chi connectivity index (χ1) is 12.6. The lowest BCUT2D eigenvalue weighted by atomic mass is 10.1. The van der Waals surface area contributed by atoms with Gasteiger partial charge in [-0.25, -0.2) is 9.59 Å². The summed E-state index contributed by atoms with van der Waals surface area (Å²) in [6.45, 7) is 4.93. The molecule has 0 amide bonds. The first-order valence-corrected chi connectivity index (χ1v) is 8.39. The van der Waals surface area contributed by atoms with Crippen LogP contribution in [0.5, 0.6) is 0 Å². The van der Waals surface area contributed by atoms with Gasteiger partial charge in [-0.15, -0.1) is 0 Å². The quantitative estimate of drug-likeness (QED) is 0.649. The summed E-state index contributed by atoms with van der Waals surface area (Å²) in [4.78, 5) is 21.2. The van der Waals surface area contributed by atoms with E-state index < -0.39 is 23.7 Å². The van der Waals surface area contributed by atoms with Crippen molar-refractivity contribution in [2.24, 2.45) is 0 Å². The molecule has 2 rings (SSSR count). The number of hydrogen-bond acceptors (Lipinski definition) is 4. The lowest BCUT2D eigenvalue weighted by Crippen LogP contribution is -2.36. The Morgan fingerprint density at radius 1 is 1.22 bits per heavy atom. The maximum atomic E-state index is 12.9. The Bertz CT molecular complexity index is 640. The molecule has 27 heavy (non-hydrogen) atoms. The normalized spacial score (nSPS) is 17.0. The number of carbonyl (C=O) groups is 2. The number of benzene rings is 1. The van der Waals surface area contributed by atoms with Crippen molar-refractivity contribution < 1.29 is 33.0 Å². The van der Waals surface area contributed by atoms with E-state index in [1.807, 2.05) is 6.92 Å². The van der Waals surface area contributed by atoms with Crippen LogP contribution in [0.3, 0.4) is 0 Å². The Balaban J connectivity index is 0.000000387. The summed E-state index contributed by atoms with van der Waals surface area (Å²) in [6.07, 6.45) is -2.16. The standard InChI is InChI=1S/C14H19F3N2.C4H4O4/c1-2-19(12-7-8-18-9-12)10-11-5-3-4-6-13(11)14(15,16)17;5-3(6)1-2-4(7)8/h3-6,12,18H,2,7-10H2,1H3;1-2H,(H,5,6)(H,7,8)/t12-;/m0./s1. The third kappa shape index (κ3) is 8.23. The second kappa shape index (κ2) is 10.7. The molecule has 1 saturated heterocycles. The highest BCUT2D eigenvalue weighted by Crippen LogP contribution is 2.32. The second-order valence-electron chi connectivity index (χ2n) is 5.87. The number of aliphatic carboxylic acids is 2. The number of nitrogens with one attached hydrogen (secondary N) is 1. The molecular weight excluding hydrogens is 365 g/mol. The van der Waals surface area contributed by atoms with Crippen molar-refractivity contribution in [1.29, 1.82) is 0 Å². The molecule has 0 bridgehead atoms. The lowest BCUT2D eigenvalue weighted by molar-refractivity contribution is -0.138. The van der Waals surface area contributed by atoms with Crippen LogP contribution in [-0.2, 0) is 22.3 Å². The zero-order valence-corrected chi connectivity index (χ0v) is 14.9.